The first-order chi connectivity index (χ1) is 15.5. The zero-order chi connectivity index (χ0) is 22.7. The van der Waals surface area contributed by atoms with Gasteiger partial charge in [-0.3, -0.25) is 4.79 Å². The quantitative estimate of drug-likeness (QED) is 0.296. The predicted octanol–water partition coefficient (Wildman–Crippen LogP) is 6.86. The van der Waals surface area contributed by atoms with E-state index in [-0.39, 0.29) is 11.7 Å². The summed E-state index contributed by atoms with van der Waals surface area (Å²) in [4.78, 5) is 12.7. The topological polar surface area (TPSA) is 62.5 Å². The molecule has 5 heteroatoms. The number of amides is 1. The molecule has 3 aromatic carbocycles. The number of unbranched alkanes of at least 4 members (excludes halogenated alkanes) is 1. The Kier molecular flexibility index (Phi) is 6.66. The monoisotopic (exact) mass is 491 g/mol. The van der Waals surface area contributed by atoms with Crippen molar-refractivity contribution in [3.8, 4) is 16.9 Å². The predicted molar refractivity (Wildman–Crippen MR) is 132 cm³/mol. The zero-order valence-corrected chi connectivity index (χ0v) is 19.8. The van der Waals surface area contributed by atoms with Crippen molar-refractivity contribution in [1.82, 2.24) is 5.32 Å². The second kappa shape index (κ2) is 9.61. The van der Waals surface area contributed by atoms with Gasteiger partial charge in [0.25, 0.3) is 5.91 Å². The van der Waals surface area contributed by atoms with Crippen LogP contribution in [0.2, 0.25) is 0 Å². The number of carbonyl (C=O) groups is 1. The number of fused-ring (bicyclic) bond motifs is 1. The average Bonchev–Trinajstić information content (AvgIpc) is 3.19. The molecule has 4 nitrogen and oxygen atoms in total. The highest BCUT2D eigenvalue weighted by Crippen LogP contribution is 2.33. The third-order valence-corrected chi connectivity index (χ3v) is 6.35. The standard InChI is InChI=1S/C27H26BrNO3/c1-3-4-7-24-26(27(31)29-2)25-20(6-5-8-23(25)32-24)15-17-9-11-18(12-10-17)19-13-14-22(30)21(28)16-19/h5-6,8-14,16,30H,3-4,7,15H2,1-2H3,(H,29,31). The van der Waals surface area contributed by atoms with Gasteiger partial charge < -0.3 is 14.8 Å². The number of phenols is 1. The lowest BCUT2D eigenvalue weighted by atomic mass is 9.96. The van der Waals surface area contributed by atoms with Gasteiger partial charge in [0.1, 0.15) is 17.1 Å². The molecule has 2 N–H and O–H groups in total. The maximum Gasteiger partial charge on any atom is 0.255 e. The number of halogens is 1. The van der Waals surface area contributed by atoms with Crippen LogP contribution < -0.4 is 5.32 Å². The second-order valence-corrected chi connectivity index (χ2v) is 8.77. The van der Waals surface area contributed by atoms with Crippen molar-refractivity contribution in [3.05, 3.63) is 87.6 Å². The number of aryl methyl sites for hydroxylation is 1. The fraction of sp³-hybridized carbons (Fsp3) is 0.222. The Morgan fingerprint density at radius 2 is 1.81 bits per heavy atom. The Balaban J connectivity index is 1.68. The van der Waals surface area contributed by atoms with Crippen LogP contribution in [0.15, 0.2) is 69.6 Å². The lowest BCUT2D eigenvalue weighted by Gasteiger charge is -2.08. The van der Waals surface area contributed by atoms with Gasteiger partial charge in [0.05, 0.1) is 10.0 Å². The number of rotatable bonds is 7. The van der Waals surface area contributed by atoms with Crippen LogP contribution in [0.3, 0.4) is 0 Å². The van der Waals surface area contributed by atoms with Crippen molar-refractivity contribution in [2.24, 2.45) is 0 Å². The number of hydrogen-bond acceptors (Lipinski definition) is 3. The van der Waals surface area contributed by atoms with E-state index in [1.54, 1.807) is 13.1 Å². The SMILES string of the molecule is CCCCc1oc2cccc(Cc3ccc(-c4ccc(O)c(Br)c4)cc3)c2c1C(=O)NC. The highest BCUT2D eigenvalue weighted by molar-refractivity contribution is 9.10. The molecule has 1 amide bonds. The Morgan fingerprint density at radius 3 is 2.50 bits per heavy atom. The first-order valence-corrected chi connectivity index (χ1v) is 11.6. The van der Waals surface area contributed by atoms with Crippen molar-refractivity contribution < 1.29 is 14.3 Å². The second-order valence-electron chi connectivity index (χ2n) is 7.91. The average molecular weight is 492 g/mol. The summed E-state index contributed by atoms with van der Waals surface area (Å²) in [5, 5.41) is 13.4. The Labute approximate surface area is 196 Å². The van der Waals surface area contributed by atoms with Gasteiger partial charge in [0, 0.05) is 18.9 Å². The minimum absolute atomic E-state index is 0.101. The first kappa shape index (κ1) is 22.2. The fourth-order valence-electron chi connectivity index (χ4n) is 4.02. The smallest absolute Gasteiger partial charge is 0.255 e. The van der Waals surface area contributed by atoms with E-state index < -0.39 is 0 Å². The number of aromatic hydroxyl groups is 1. The van der Waals surface area contributed by atoms with Crippen molar-refractivity contribution in [3.63, 3.8) is 0 Å². The van der Waals surface area contributed by atoms with Gasteiger partial charge >= 0.3 is 0 Å². The Morgan fingerprint density at radius 1 is 1.06 bits per heavy atom. The molecule has 4 aromatic rings. The minimum Gasteiger partial charge on any atom is -0.507 e. The Hall–Kier alpha value is -3.05. The van der Waals surface area contributed by atoms with Crippen LogP contribution in [0.1, 0.15) is 47.0 Å². The number of benzene rings is 3. The summed E-state index contributed by atoms with van der Waals surface area (Å²) in [5.74, 6) is 0.890. The molecular formula is C27H26BrNO3. The third-order valence-electron chi connectivity index (χ3n) is 5.72. The molecular weight excluding hydrogens is 466 g/mol. The summed E-state index contributed by atoms with van der Waals surface area (Å²) in [6, 6.07) is 19.8. The molecule has 1 heterocycles. The number of phenolic OH excluding ortho intramolecular Hbond substituents is 1. The highest BCUT2D eigenvalue weighted by Gasteiger charge is 2.22. The van der Waals surface area contributed by atoms with E-state index in [2.05, 4.69) is 58.5 Å². The molecule has 4 rings (SSSR count). The van der Waals surface area contributed by atoms with Gasteiger partial charge in [-0.2, -0.15) is 0 Å². The first-order valence-electron chi connectivity index (χ1n) is 10.8. The summed E-state index contributed by atoms with van der Waals surface area (Å²) < 4.78 is 6.79. The van der Waals surface area contributed by atoms with E-state index in [1.807, 2.05) is 24.3 Å². The number of nitrogens with one attached hydrogen (secondary N) is 1. The maximum atomic E-state index is 12.7. The molecule has 0 radical (unpaired) electrons. The van der Waals surface area contributed by atoms with Crippen LogP contribution in [0.25, 0.3) is 22.1 Å². The lowest BCUT2D eigenvalue weighted by molar-refractivity contribution is 0.0962. The third kappa shape index (κ3) is 4.44. The van der Waals surface area contributed by atoms with Gasteiger partial charge in [-0.25, -0.2) is 0 Å². The number of hydrogen-bond donors (Lipinski definition) is 2. The van der Waals surface area contributed by atoms with E-state index >= 15 is 0 Å². The Bertz CT molecular complexity index is 1260. The fourth-order valence-corrected chi connectivity index (χ4v) is 4.39. The molecule has 164 valence electrons. The van der Waals surface area contributed by atoms with Gasteiger partial charge in [-0.15, -0.1) is 0 Å². The molecule has 0 atom stereocenters. The van der Waals surface area contributed by atoms with Crippen molar-refractivity contribution in [2.75, 3.05) is 7.05 Å². The van der Waals surface area contributed by atoms with Crippen LogP contribution in [0.5, 0.6) is 5.75 Å². The number of furan rings is 1. The lowest BCUT2D eigenvalue weighted by Crippen LogP contribution is -2.19. The summed E-state index contributed by atoms with van der Waals surface area (Å²) in [6.07, 6.45) is 3.48. The van der Waals surface area contributed by atoms with E-state index in [0.717, 1.165) is 58.2 Å². The summed E-state index contributed by atoms with van der Waals surface area (Å²) in [7, 11) is 1.66. The van der Waals surface area contributed by atoms with E-state index in [1.165, 1.54) is 0 Å². The van der Waals surface area contributed by atoms with E-state index in [0.29, 0.717) is 16.5 Å². The molecule has 0 unspecified atom stereocenters. The molecule has 0 aliphatic rings. The molecule has 1 aromatic heterocycles. The van der Waals surface area contributed by atoms with Crippen LogP contribution in [0, 0.1) is 0 Å². The molecule has 0 saturated carbocycles. The summed E-state index contributed by atoms with van der Waals surface area (Å²) in [6.45, 7) is 2.13. The largest absolute Gasteiger partial charge is 0.507 e. The van der Waals surface area contributed by atoms with Crippen molar-refractivity contribution >= 4 is 32.8 Å². The van der Waals surface area contributed by atoms with Gasteiger partial charge in [-0.1, -0.05) is 55.8 Å². The van der Waals surface area contributed by atoms with Crippen LogP contribution >= 0.6 is 15.9 Å². The van der Waals surface area contributed by atoms with Crippen molar-refractivity contribution in [2.45, 2.75) is 32.6 Å². The van der Waals surface area contributed by atoms with E-state index in [9.17, 15) is 9.90 Å². The van der Waals surface area contributed by atoms with Crippen LogP contribution in [-0.2, 0) is 12.8 Å². The molecule has 0 aliphatic carbocycles. The van der Waals surface area contributed by atoms with Gasteiger partial charge in [0.15, 0.2) is 0 Å². The molecule has 0 saturated heterocycles. The van der Waals surface area contributed by atoms with Gasteiger partial charge in [0.2, 0.25) is 0 Å². The van der Waals surface area contributed by atoms with Crippen molar-refractivity contribution in [1.29, 1.82) is 0 Å². The van der Waals surface area contributed by atoms with Crippen LogP contribution in [0.4, 0.5) is 0 Å². The van der Waals surface area contributed by atoms with Crippen LogP contribution in [-0.4, -0.2) is 18.1 Å². The summed E-state index contributed by atoms with van der Waals surface area (Å²) in [5.41, 5.74) is 5.75. The zero-order valence-electron chi connectivity index (χ0n) is 18.2. The van der Waals surface area contributed by atoms with Gasteiger partial charge in [-0.05, 0) is 69.2 Å². The normalized spacial score (nSPS) is 11.1. The molecule has 0 bridgehead atoms. The molecule has 0 fully saturated rings. The summed E-state index contributed by atoms with van der Waals surface area (Å²) >= 11 is 3.38. The highest BCUT2D eigenvalue weighted by atomic mass is 79.9. The number of carbonyl (C=O) groups excluding carboxylic acids is 1. The minimum atomic E-state index is -0.101. The molecule has 0 aliphatic heterocycles. The molecule has 32 heavy (non-hydrogen) atoms. The maximum absolute atomic E-state index is 12.7. The molecule has 0 spiro atoms. The van der Waals surface area contributed by atoms with E-state index in [4.69, 9.17) is 4.42 Å².